The lowest BCUT2D eigenvalue weighted by molar-refractivity contribution is 0.266. The number of aliphatic hydroxyl groups excluding tert-OH is 1. The van der Waals surface area contributed by atoms with Gasteiger partial charge in [0.15, 0.2) is 0 Å². The average molecular weight is 157 g/mol. The van der Waals surface area contributed by atoms with Crippen molar-refractivity contribution < 1.29 is 5.11 Å². The maximum absolute atomic E-state index is 8.48. The Hall–Kier alpha value is -1.23. The maximum atomic E-state index is 8.48. The molecule has 0 spiro atoms. The van der Waals surface area contributed by atoms with Crippen LogP contribution >= 0.6 is 0 Å². The minimum atomic E-state index is -0.251. The van der Waals surface area contributed by atoms with Crippen molar-refractivity contribution in [1.29, 1.82) is 0 Å². The summed E-state index contributed by atoms with van der Waals surface area (Å²) in [7, 11) is 0. The third-order valence-electron chi connectivity index (χ3n) is 0.968. The second-order valence-corrected chi connectivity index (χ2v) is 1.90. The zero-order chi connectivity index (χ0) is 8.53. The van der Waals surface area contributed by atoms with Gasteiger partial charge in [-0.1, -0.05) is 0 Å². The van der Waals surface area contributed by atoms with Crippen molar-refractivity contribution in [2.75, 3.05) is 6.61 Å². The lowest BCUT2D eigenvalue weighted by Gasteiger charge is -2.00. The fraction of sp³-hybridized carbons (Fsp3) is 0.600. The van der Waals surface area contributed by atoms with Crippen LogP contribution in [0.25, 0.3) is 10.4 Å². The van der Waals surface area contributed by atoms with Gasteiger partial charge < -0.3 is 10.8 Å². The van der Waals surface area contributed by atoms with E-state index in [2.05, 4.69) is 15.6 Å². The van der Waals surface area contributed by atoms with E-state index >= 15 is 0 Å². The Balaban J connectivity index is 3.36. The molecule has 4 N–H and O–H groups in total. The highest BCUT2D eigenvalue weighted by Crippen LogP contribution is 1.86. The maximum Gasteiger partial charge on any atom is 0.0873 e. The highest BCUT2D eigenvalue weighted by Gasteiger charge is 1.94. The molecule has 0 aromatic carbocycles. The molecule has 0 aromatic heterocycles. The molecule has 0 aliphatic heterocycles. The van der Waals surface area contributed by atoms with Gasteiger partial charge in [-0.05, 0) is 17.7 Å². The van der Waals surface area contributed by atoms with E-state index in [9.17, 15) is 0 Å². The molecule has 1 atom stereocenters. The molecule has 0 aliphatic rings. The monoisotopic (exact) mass is 157 g/mol. The molecule has 6 heteroatoms. The van der Waals surface area contributed by atoms with Crippen LogP contribution < -0.4 is 11.2 Å². The van der Waals surface area contributed by atoms with Gasteiger partial charge in [-0.2, -0.15) is 4.91 Å². The van der Waals surface area contributed by atoms with Crippen LogP contribution in [-0.4, -0.2) is 17.8 Å². The van der Waals surface area contributed by atoms with Crippen LogP contribution in [0.15, 0.2) is 17.5 Å². The Morgan fingerprint density at radius 3 is 3.09 bits per heavy atom. The molecule has 0 fully saturated rings. The highest BCUT2D eigenvalue weighted by atomic mass is 16.3. The molecule has 11 heavy (non-hydrogen) atoms. The molecule has 0 aliphatic carbocycles. The lowest BCUT2D eigenvalue weighted by Crippen LogP contribution is -2.23. The molecule has 0 rings (SSSR count). The minimum Gasteiger partial charge on any atom is -0.395 e. The largest absolute Gasteiger partial charge is 0.395 e. The molecular formula is C5H11N5O. The van der Waals surface area contributed by atoms with Crippen molar-refractivity contribution in [3.8, 4) is 0 Å². The molecule has 0 radical (unpaired) electrons. The van der Waals surface area contributed by atoms with Gasteiger partial charge in [-0.15, -0.1) is 5.53 Å². The molecule has 0 heterocycles. The summed E-state index contributed by atoms with van der Waals surface area (Å²) in [6, 6.07) is -0.251. The van der Waals surface area contributed by atoms with Gasteiger partial charge in [-0.25, -0.2) is 5.43 Å². The minimum absolute atomic E-state index is 0.0497. The number of nitrogens with zero attached hydrogens (tertiary/aromatic N) is 3. The van der Waals surface area contributed by atoms with Crippen LogP contribution in [0, 0.1) is 0 Å². The van der Waals surface area contributed by atoms with Crippen LogP contribution in [0.3, 0.4) is 0 Å². The zero-order valence-corrected chi connectivity index (χ0v) is 6.01. The van der Waals surface area contributed by atoms with Crippen molar-refractivity contribution >= 4 is 0 Å². The quantitative estimate of drug-likeness (QED) is 0.226. The summed E-state index contributed by atoms with van der Waals surface area (Å²) in [4.78, 5) is 2.45. The molecule has 0 amide bonds. The average Bonchev–Trinajstić information content (AvgIpc) is 2.04. The fourth-order valence-electron chi connectivity index (χ4n) is 0.429. The first-order valence-corrected chi connectivity index (χ1v) is 3.12. The molecule has 62 valence electrons. The Morgan fingerprint density at radius 2 is 2.55 bits per heavy atom. The van der Waals surface area contributed by atoms with Gasteiger partial charge in [0.05, 0.1) is 12.8 Å². The standard InChI is InChI=1S/C5H11N5O/c6-5(4-11)2-1-3-8-10-9-7/h1,3,5,8,11H,2,4,6H2/b3-1+/t5-/m1/s1. The van der Waals surface area contributed by atoms with E-state index in [4.69, 9.17) is 16.4 Å². The van der Waals surface area contributed by atoms with Crippen LogP contribution in [0.4, 0.5) is 0 Å². The molecule has 0 saturated carbocycles. The predicted octanol–water partition coefficient (Wildman–Crippen LogP) is 0.0247. The lowest BCUT2D eigenvalue weighted by atomic mass is 10.2. The Bertz CT molecular complexity index is 162. The number of aliphatic hydroxyl groups is 1. The van der Waals surface area contributed by atoms with Crippen LogP contribution in [0.2, 0.25) is 0 Å². The van der Waals surface area contributed by atoms with Crippen molar-refractivity contribution in [1.82, 2.24) is 5.43 Å². The van der Waals surface area contributed by atoms with Gasteiger partial charge in [0.1, 0.15) is 0 Å². The van der Waals surface area contributed by atoms with Crippen molar-refractivity contribution in [3.05, 3.63) is 22.7 Å². The number of hydrogen-bond donors (Lipinski definition) is 3. The number of nitrogens with one attached hydrogen (secondary N) is 1. The van der Waals surface area contributed by atoms with E-state index in [1.54, 1.807) is 6.08 Å². The van der Waals surface area contributed by atoms with Crippen LogP contribution in [0.5, 0.6) is 0 Å². The van der Waals surface area contributed by atoms with E-state index in [1.165, 1.54) is 6.20 Å². The van der Waals surface area contributed by atoms with E-state index in [0.717, 1.165) is 0 Å². The van der Waals surface area contributed by atoms with E-state index in [0.29, 0.717) is 6.42 Å². The number of nitrogens with two attached hydrogens (primary N) is 1. The van der Waals surface area contributed by atoms with E-state index in [1.807, 2.05) is 0 Å². The Morgan fingerprint density at radius 1 is 1.82 bits per heavy atom. The summed E-state index contributed by atoms with van der Waals surface area (Å²) >= 11 is 0. The van der Waals surface area contributed by atoms with E-state index < -0.39 is 0 Å². The summed E-state index contributed by atoms with van der Waals surface area (Å²) < 4.78 is 0. The molecule has 0 unspecified atom stereocenters. The predicted molar refractivity (Wildman–Crippen MR) is 41.1 cm³/mol. The second-order valence-electron chi connectivity index (χ2n) is 1.90. The molecule has 0 aromatic rings. The summed E-state index contributed by atoms with van der Waals surface area (Å²) in [6.45, 7) is -0.0497. The first-order valence-electron chi connectivity index (χ1n) is 3.12. The summed E-state index contributed by atoms with van der Waals surface area (Å²) in [5, 5.41) is 11.5. The first-order chi connectivity index (χ1) is 5.31. The van der Waals surface area contributed by atoms with Crippen LogP contribution in [0.1, 0.15) is 6.42 Å². The molecule has 0 bridgehead atoms. The highest BCUT2D eigenvalue weighted by molar-refractivity contribution is 4.82. The number of rotatable bonds is 5. The fourth-order valence-corrected chi connectivity index (χ4v) is 0.429. The zero-order valence-electron chi connectivity index (χ0n) is 6.01. The third kappa shape index (κ3) is 6.66. The number of hydrogen-bond acceptors (Lipinski definition) is 3. The summed E-state index contributed by atoms with van der Waals surface area (Å²) in [5.74, 6) is 0. The third-order valence-corrected chi connectivity index (χ3v) is 0.968. The molecular weight excluding hydrogens is 146 g/mol. The smallest absolute Gasteiger partial charge is 0.0873 e. The normalized spacial score (nSPS) is 12.5. The summed E-state index contributed by atoms with van der Waals surface area (Å²) in [6.07, 6.45) is 3.69. The second kappa shape index (κ2) is 6.88. The van der Waals surface area contributed by atoms with Gasteiger partial charge >= 0.3 is 0 Å². The van der Waals surface area contributed by atoms with Gasteiger partial charge in [-0.3, -0.25) is 0 Å². The van der Waals surface area contributed by atoms with Crippen molar-refractivity contribution in [2.24, 2.45) is 11.0 Å². The molecule has 6 nitrogen and oxygen atoms in total. The molecule has 0 saturated heterocycles. The summed E-state index contributed by atoms with van der Waals surface area (Å²) in [5.41, 5.74) is 15.5. The SMILES string of the molecule is [N-]=[N+]=NN/C=C/C[C@@H](N)CO. The van der Waals surface area contributed by atoms with E-state index in [-0.39, 0.29) is 12.6 Å². The first kappa shape index (κ1) is 9.77. The van der Waals surface area contributed by atoms with Crippen LogP contribution in [-0.2, 0) is 0 Å². The van der Waals surface area contributed by atoms with Gasteiger partial charge in [0, 0.05) is 6.04 Å². The Labute approximate surface area is 64.3 Å². The van der Waals surface area contributed by atoms with Crippen molar-refractivity contribution in [2.45, 2.75) is 12.5 Å². The van der Waals surface area contributed by atoms with Crippen molar-refractivity contribution in [3.63, 3.8) is 0 Å². The topological polar surface area (TPSA) is 107 Å². The Kier molecular flexibility index (Phi) is 6.11. The number of azide groups is 1. The van der Waals surface area contributed by atoms with Gasteiger partial charge in [0.2, 0.25) is 0 Å². The van der Waals surface area contributed by atoms with Gasteiger partial charge in [0.25, 0.3) is 0 Å².